The van der Waals surface area contributed by atoms with Gasteiger partial charge >= 0.3 is 6.61 Å². The van der Waals surface area contributed by atoms with Gasteiger partial charge in [0.2, 0.25) is 0 Å². The molecule has 0 saturated carbocycles. The molecule has 2 rings (SSSR count). The van der Waals surface area contributed by atoms with E-state index in [0.717, 1.165) is 37.9 Å². The summed E-state index contributed by atoms with van der Waals surface area (Å²) in [6.07, 6.45) is 3.18. The number of hydrogen-bond donors (Lipinski definition) is 2. The van der Waals surface area contributed by atoms with Crippen LogP contribution in [0.1, 0.15) is 36.8 Å². The highest BCUT2D eigenvalue weighted by Gasteiger charge is 2.34. The lowest BCUT2D eigenvalue weighted by Gasteiger charge is -2.38. The number of aliphatic hydroxyl groups is 1. The molecule has 0 amide bonds. The lowest BCUT2D eigenvalue weighted by atomic mass is 9.70. The van der Waals surface area contributed by atoms with E-state index in [1.807, 2.05) is 12.1 Å². The van der Waals surface area contributed by atoms with Crippen LogP contribution in [0.5, 0.6) is 5.75 Å². The molecule has 1 aliphatic rings. The summed E-state index contributed by atoms with van der Waals surface area (Å²) in [6.45, 7) is -1.16. The molecule has 1 fully saturated rings. The number of hydrogen-bond acceptors (Lipinski definition) is 4. The number of nitrogens with one attached hydrogen (secondary N) is 1. The van der Waals surface area contributed by atoms with Gasteiger partial charge in [0.15, 0.2) is 0 Å². The third kappa shape index (κ3) is 3.73. The van der Waals surface area contributed by atoms with Crippen LogP contribution in [-0.4, -0.2) is 31.4 Å². The van der Waals surface area contributed by atoms with Crippen molar-refractivity contribution < 1.29 is 18.6 Å². The van der Waals surface area contributed by atoms with Crippen LogP contribution in [0.3, 0.4) is 0 Å². The van der Waals surface area contributed by atoms with E-state index in [9.17, 15) is 8.78 Å². The fourth-order valence-electron chi connectivity index (χ4n) is 3.14. The summed E-state index contributed by atoms with van der Waals surface area (Å²) in [5.74, 6) is -0.0723. The van der Waals surface area contributed by atoms with Crippen LogP contribution in [0.15, 0.2) is 18.2 Å². The topological polar surface area (TPSA) is 65.3 Å². The minimum absolute atomic E-state index is 0.0723. The Kier molecular flexibility index (Phi) is 5.69. The zero-order chi connectivity index (χ0) is 16.0. The molecule has 22 heavy (non-hydrogen) atoms. The summed E-state index contributed by atoms with van der Waals surface area (Å²) >= 11 is 0. The predicted octanol–water partition coefficient (Wildman–Crippen LogP) is 2.55. The average molecular weight is 310 g/mol. The van der Waals surface area contributed by atoms with Crippen LogP contribution in [0.2, 0.25) is 0 Å². The van der Waals surface area contributed by atoms with Crippen molar-refractivity contribution in [3.63, 3.8) is 0 Å². The standard InChI is InChI=1S/C16H20F2N2O2/c17-15(18)22-14-10-13(3-2-12(14)11-19)16(4-1-9-21)5-7-20-8-6-16/h2-3,10,15,20-21H,1,4-9H2. The average Bonchev–Trinajstić information content (AvgIpc) is 2.53. The summed E-state index contributed by atoms with van der Waals surface area (Å²) in [6, 6.07) is 6.80. The van der Waals surface area contributed by atoms with Crippen LogP contribution < -0.4 is 10.1 Å². The highest BCUT2D eigenvalue weighted by molar-refractivity contribution is 5.47. The predicted molar refractivity (Wildman–Crippen MR) is 77.9 cm³/mol. The van der Waals surface area contributed by atoms with Crippen molar-refractivity contribution in [1.29, 1.82) is 5.26 Å². The molecule has 1 heterocycles. The molecule has 1 aliphatic heterocycles. The number of benzene rings is 1. The highest BCUT2D eigenvalue weighted by atomic mass is 19.3. The van der Waals surface area contributed by atoms with Gasteiger partial charge in [0.25, 0.3) is 0 Å². The molecule has 120 valence electrons. The second-order valence-corrected chi connectivity index (χ2v) is 5.56. The molecule has 0 bridgehead atoms. The number of alkyl halides is 2. The number of nitriles is 1. The van der Waals surface area contributed by atoms with Crippen molar-refractivity contribution in [1.82, 2.24) is 5.32 Å². The first kappa shape index (κ1) is 16.7. The van der Waals surface area contributed by atoms with Crippen molar-refractivity contribution in [2.45, 2.75) is 37.7 Å². The summed E-state index contributed by atoms with van der Waals surface area (Å²) in [5, 5.41) is 21.4. The van der Waals surface area contributed by atoms with E-state index < -0.39 is 6.61 Å². The van der Waals surface area contributed by atoms with E-state index in [2.05, 4.69) is 10.1 Å². The van der Waals surface area contributed by atoms with E-state index in [4.69, 9.17) is 10.4 Å². The molecule has 0 spiro atoms. The minimum atomic E-state index is -2.95. The van der Waals surface area contributed by atoms with Crippen molar-refractivity contribution in [3.8, 4) is 11.8 Å². The van der Waals surface area contributed by atoms with Gasteiger partial charge in [-0.2, -0.15) is 14.0 Å². The fourth-order valence-corrected chi connectivity index (χ4v) is 3.14. The van der Waals surface area contributed by atoms with Gasteiger partial charge < -0.3 is 15.2 Å². The van der Waals surface area contributed by atoms with Crippen LogP contribution in [0.4, 0.5) is 8.78 Å². The van der Waals surface area contributed by atoms with Crippen LogP contribution >= 0.6 is 0 Å². The van der Waals surface area contributed by atoms with E-state index in [0.29, 0.717) is 6.42 Å². The number of ether oxygens (including phenoxy) is 1. The van der Waals surface area contributed by atoms with Gasteiger partial charge in [-0.3, -0.25) is 0 Å². The van der Waals surface area contributed by atoms with Crippen molar-refractivity contribution in [3.05, 3.63) is 29.3 Å². The SMILES string of the molecule is N#Cc1ccc(C2(CCCO)CCNCC2)cc1OC(F)F. The molecule has 0 unspecified atom stereocenters. The zero-order valence-corrected chi connectivity index (χ0v) is 12.3. The van der Waals surface area contributed by atoms with E-state index in [1.165, 1.54) is 6.07 Å². The van der Waals surface area contributed by atoms with Gasteiger partial charge in [-0.25, -0.2) is 0 Å². The Bertz CT molecular complexity index is 537. The van der Waals surface area contributed by atoms with Gasteiger partial charge in [0.05, 0.1) is 5.56 Å². The summed E-state index contributed by atoms with van der Waals surface area (Å²) < 4.78 is 29.6. The molecule has 6 heteroatoms. The number of aliphatic hydroxyl groups excluding tert-OH is 1. The molecule has 0 radical (unpaired) electrons. The maximum absolute atomic E-state index is 12.5. The lowest BCUT2D eigenvalue weighted by Crippen LogP contribution is -2.40. The quantitative estimate of drug-likeness (QED) is 0.847. The first-order valence-electron chi connectivity index (χ1n) is 7.42. The van der Waals surface area contributed by atoms with Gasteiger partial charge in [0, 0.05) is 6.61 Å². The number of piperidine rings is 1. The molecule has 0 aromatic heterocycles. The Morgan fingerprint density at radius 3 is 2.68 bits per heavy atom. The van der Waals surface area contributed by atoms with E-state index >= 15 is 0 Å². The van der Waals surface area contributed by atoms with Gasteiger partial charge in [0.1, 0.15) is 11.8 Å². The van der Waals surface area contributed by atoms with Crippen molar-refractivity contribution >= 4 is 0 Å². The van der Waals surface area contributed by atoms with Gasteiger partial charge in [-0.05, 0) is 61.9 Å². The molecule has 1 aromatic rings. The van der Waals surface area contributed by atoms with Crippen molar-refractivity contribution in [2.24, 2.45) is 0 Å². The molecular formula is C16H20F2N2O2. The Balaban J connectivity index is 2.36. The molecule has 1 saturated heterocycles. The Hall–Kier alpha value is -1.71. The third-order valence-electron chi connectivity index (χ3n) is 4.30. The maximum Gasteiger partial charge on any atom is 0.387 e. The Morgan fingerprint density at radius 2 is 2.09 bits per heavy atom. The zero-order valence-electron chi connectivity index (χ0n) is 12.3. The molecule has 2 N–H and O–H groups in total. The van der Waals surface area contributed by atoms with E-state index in [-0.39, 0.29) is 23.3 Å². The molecule has 4 nitrogen and oxygen atoms in total. The maximum atomic E-state index is 12.5. The first-order chi connectivity index (χ1) is 10.6. The van der Waals surface area contributed by atoms with E-state index in [1.54, 1.807) is 6.07 Å². The van der Waals surface area contributed by atoms with Gasteiger partial charge in [-0.1, -0.05) is 6.07 Å². The Morgan fingerprint density at radius 1 is 1.36 bits per heavy atom. The number of nitrogens with zero attached hydrogens (tertiary/aromatic N) is 1. The molecule has 0 aliphatic carbocycles. The number of halogens is 2. The smallest absolute Gasteiger partial charge is 0.387 e. The van der Waals surface area contributed by atoms with Crippen LogP contribution in [-0.2, 0) is 5.41 Å². The summed E-state index contributed by atoms with van der Waals surface area (Å²) in [4.78, 5) is 0. The number of rotatable bonds is 6. The largest absolute Gasteiger partial charge is 0.433 e. The van der Waals surface area contributed by atoms with Crippen molar-refractivity contribution in [2.75, 3.05) is 19.7 Å². The van der Waals surface area contributed by atoms with Crippen LogP contribution in [0.25, 0.3) is 0 Å². The Labute approximate surface area is 128 Å². The monoisotopic (exact) mass is 310 g/mol. The fraction of sp³-hybridized carbons (Fsp3) is 0.562. The summed E-state index contributed by atoms with van der Waals surface area (Å²) in [7, 11) is 0. The minimum Gasteiger partial charge on any atom is -0.433 e. The normalized spacial score (nSPS) is 17.2. The molecular weight excluding hydrogens is 290 g/mol. The highest BCUT2D eigenvalue weighted by Crippen LogP contribution is 2.40. The second-order valence-electron chi connectivity index (χ2n) is 5.56. The van der Waals surface area contributed by atoms with Gasteiger partial charge in [-0.15, -0.1) is 0 Å². The molecule has 1 aromatic carbocycles. The van der Waals surface area contributed by atoms with Crippen LogP contribution in [0, 0.1) is 11.3 Å². The molecule has 0 atom stereocenters. The third-order valence-corrected chi connectivity index (χ3v) is 4.30. The second kappa shape index (κ2) is 7.52. The summed E-state index contributed by atoms with van der Waals surface area (Å²) in [5.41, 5.74) is 0.842. The first-order valence-corrected chi connectivity index (χ1v) is 7.42. The lowest BCUT2D eigenvalue weighted by molar-refractivity contribution is -0.0501.